The molecule has 2 aromatic rings. The lowest BCUT2D eigenvalue weighted by Crippen LogP contribution is -2.34. The van der Waals surface area contributed by atoms with Gasteiger partial charge in [-0.05, 0) is 37.0 Å². The third-order valence-corrected chi connectivity index (χ3v) is 4.99. The van der Waals surface area contributed by atoms with E-state index >= 15 is 0 Å². The first kappa shape index (κ1) is 21.1. The number of amides is 2. The Bertz CT molecular complexity index is 811. The summed E-state index contributed by atoms with van der Waals surface area (Å²) < 4.78 is 47.3. The fourth-order valence-electron chi connectivity index (χ4n) is 3.43. The first-order chi connectivity index (χ1) is 13.8. The molecule has 158 valence electrons. The summed E-state index contributed by atoms with van der Waals surface area (Å²) in [4.78, 5) is 15.8. The van der Waals surface area contributed by atoms with E-state index in [9.17, 15) is 18.0 Å². The number of nitrogens with one attached hydrogen (secondary N) is 2. The molecule has 29 heavy (non-hydrogen) atoms. The van der Waals surface area contributed by atoms with E-state index in [1.807, 2.05) is 0 Å². The van der Waals surface area contributed by atoms with Crippen LogP contribution >= 0.6 is 0 Å². The fourth-order valence-corrected chi connectivity index (χ4v) is 3.43. The van der Waals surface area contributed by atoms with Crippen molar-refractivity contribution in [1.29, 1.82) is 0 Å². The Morgan fingerprint density at radius 2 is 2.10 bits per heavy atom. The SMILES string of the molecule is CC1CCCCC1OCCNC(=O)Nc1ccc(-n2cncn2)cc1C(F)(F)F. The number of urea groups is 1. The molecule has 1 aromatic heterocycles. The van der Waals surface area contributed by atoms with Crippen molar-refractivity contribution in [3.63, 3.8) is 0 Å². The summed E-state index contributed by atoms with van der Waals surface area (Å²) in [5, 5.41) is 8.62. The van der Waals surface area contributed by atoms with Gasteiger partial charge in [0.25, 0.3) is 0 Å². The summed E-state index contributed by atoms with van der Waals surface area (Å²) >= 11 is 0. The second-order valence-electron chi connectivity index (χ2n) is 7.12. The van der Waals surface area contributed by atoms with Gasteiger partial charge in [-0.3, -0.25) is 0 Å². The average molecular weight is 411 g/mol. The number of benzene rings is 1. The largest absolute Gasteiger partial charge is 0.418 e. The van der Waals surface area contributed by atoms with Crippen molar-refractivity contribution in [2.45, 2.75) is 44.9 Å². The Labute approximate surface area is 166 Å². The van der Waals surface area contributed by atoms with Crippen molar-refractivity contribution in [2.24, 2.45) is 5.92 Å². The lowest BCUT2D eigenvalue weighted by Gasteiger charge is -2.28. The molecule has 0 spiro atoms. The Hall–Kier alpha value is -2.62. The summed E-state index contributed by atoms with van der Waals surface area (Å²) in [5.74, 6) is 0.482. The van der Waals surface area contributed by atoms with Gasteiger partial charge in [0, 0.05) is 6.54 Å². The van der Waals surface area contributed by atoms with Crippen molar-refractivity contribution >= 4 is 11.7 Å². The first-order valence-corrected chi connectivity index (χ1v) is 9.57. The maximum absolute atomic E-state index is 13.4. The minimum absolute atomic E-state index is 0.176. The van der Waals surface area contributed by atoms with Crippen LogP contribution in [0.5, 0.6) is 0 Å². The number of carbonyl (C=O) groups is 1. The lowest BCUT2D eigenvalue weighted by molar-refractivity contribution is -0.136. The van der Waals surface area contributed by atoms with Gasteiger partial charge in [-0.1, -0.05) is 19.8 Å². The van der Waals surface area contributed by atoms with Crippen molar-refractivity contribution < 1.29 is 22.7 Å². The number of nitrogens with zero attached hydrogens (tertiary/aromatic N) is 3. The van der Waals surface area contributed by atoms with E-state index in [0.717, 1.165) is 25.3 Å². The normalized spacial score (nSPS) is 19.7. The molecule has 1 fully saturated rings. The van der Waals surface area contributed by atoms with Crippen LogP contribution < -0.4 is 10.6 Å². The van der Waals surface area contributed by atoms with Gasteiger partial charge >= 0.3 is 12.2 Å². The Balaban J connectivity index is 1.56. The van der Waals surface area contributed by atoms with Gasteiger partial charge in [0.05, 0.1) is 29.6 Å². The number of anilines is 1. The molecule has 0 radical (unpaired) electrons. The van der Waals surface area contributed by atoms with E-state index < -0.39 is 17.8 Å². The minimum atomic E-state index is -4.64. The van der Waals surface area contributed by atoms with E-state index in [1.165, 1.54) is 35.9 Å². The van der Waals surface area contributed by atoms with E-state index in [0.29, 0.717) is 12.5 Å². The molecular formula is C19H24F3N5O2. The highest BCUT2D eigenvalue weighted by atomic mass is 19.4. The molecule has 2 unspecified atom stereocenters. The van der Waals surface area contributed by atoms with E-state index in [4.69, 9.17) is 4.74 Å². The maximum atomic E-state index is 13.4. The van der Waals surface area contributed by atoms with Crippen LogP contribution in [0, 0.1) is 5.92 Å². The van der Waals surface area contributed by atoms with Crippen LogP contribution in [0.2, 0.25) is 0 Å². The van der Waals surface area contributed by atoms with Gasteiger partial charge < -0.3 is 15.4 Å². The molecule has 3 rings (SSSR count). The highest BCUT2D eigenvalue weighted by Crippen LogP contribution is 2.36. The summed E-state index contributed by atoms with van der Waals surface area (Å²) in [5.41, 5.74) is -1.11. The minimum Gasteiger partial charge on any atom is -0.376 e. The second-order valence-corrected chi connectivity index (χ2v) is 7.12. The van der Waals surface area contributed by atoms with E-state index in [2.05, 4.69) is 27.6 Å². The van der Waals surface area contributed by atoms with E-state index in [1.54, 1.807) is 0 Å². The number of hydrogen-bond donors (Lipinski definition) is 2. The molecule has 2 N–H and O–H groups in total. The number of hydrogen-bond acceptors (Lipinski definition) is 4. The Morgan fingerprint density at radius 1 is 1.31 bits per heavy atom. The summed E-state index contributed by atoms with van der Waals surface area (Å²) in [6, 6.07) is 2.81. The standard InChI is InChI=1S/C19H24F3N5O2/c1-13-4-2-3-5-17(13)29-9-8-24-18(28)26-16-7-6-14(27-12-23-11-25-27)10-15(16)19(20,21)22/h6-7,10-13,17H,2-5,8-9H2,1H3,(H2,24,26,28). The van der Waals surface area contributed by atoms with Crippen LogP contribution in [-0.4, -0.2) is 40.1 Å². The number of rotatable bonds is 6. The van der Waals surface area contributed by atoms with Crippen molar-refractivity contribution in [1.82, 2.24) is 20.1 Å². The quantitative estimate of drug-likeness (QED) is 0.704. The van der Waals surface area contributed by atoms with Crippen molar-refractivity contribution in [3.8, 4) is 5.69 Å². The molecule has 1 aliphatic rings. The summed E-state index contributed by atoms with van der Waals surface area (Å²) in [6.07, 6.45) is 2.52. The molecule has 1 aromatic carbocycles. The predicted octanol–water partition coefficient (Wildman–Crippen LogP) is 4.00. The monoisotopic (exact) mass is 411 g/mol. The van der Waals surface area contributed by atoms with Crippen molar-refractivity contribution in [2.75, 3.05) is 18.5 Å². The number of halogens is 3. The highest BCUT2D eigenvalue weighted by Gasteiger charge is 2.34. The molecule has 2 atom stereocenters. The van der Waals surface area contributed by atoms with Gasteiger partial charge in [0.15, 0.2) is 0 Å². The molecule has 0 saturated heterocycles. The number of alkyl halides is 3. The van der Waals surface area contributed by atoms with Gasteiger partial charge in [0.2, 0.25) is 0 Å². The Kier molecular flexibility index (Phi) is 6.73. The van der Waals surface area contributed by atoms with Gasteiger partial charge in [-0.25, -0.2) is 14.5 Å². The molecule has 10 heteroatoms. The second kappa shape index (κ2) is 9.25. The molecule has 1 heterocycles. The fraction of sp³-hybridized carbons (Fsp3) is 0.526. The summed E-state index contributed by atoms with van der Waals surface area (Å²) in [7, 11) is 0. The van der Waals surface area contributed by atoms with Crippen LogP contribution in [0.25, 0.3) is 5.69 Å². The number of carbonyl (C=O) groups excluding carboxylic acids is 1. The highest BCUT2D eigenvalue weighted by molar-refractivity contribution is 5.90. The van der Waals surface area contributed by atoms with Crippen molar-refractivity contribution in [3.05, 3.63) is 36.4 Å². The zero-order valence-electron chi connectivity index (χ0n) is 16.1. The zero-order valence-corrected chi connectivity index (χ0v) is 16.1. The molecule has 0 aliphatic heterocycles. The van der Waals surface area contributed by atoms with Gasteiger partial charge in [0.1, 0.15) is 12.7 Å². The first-order valence-electron chi connectivity index (χ1n) is 9.57. The van der Waals surface area contributed by atoms with Crippen LogP contribution in [0.4, 0.5) is 23.7 Å². The van der Waals surface area contributed by atoms with Crippen LogP contribution in [0.1, 0.15) is 38.2 Å². The van der Waals surface area contributed by atoms with Gasteiger partial charge in [-0.15, -0.1) is 0 Å². The third kappa shape index (κ3) is 5.69. The maximum Gasteiger partial charge on any atom is 0.418 e. The molecule has 1 saturated carbocycles. The number of ether oxygens (including phenoxy) is 1. The average Bonchev–Trinajstić information content (AvgIpc) is 3.21. The molecule has 2 amide bonds. The number of aromatic nitrogens is 3. The van der Waals surface area contributed by atoms with Crippen LogP contribution in [0.15, 0.2) is 30.9 Å². The van der Waals surface area contributed by atoms with Crippen LogP contribution in [-0.2, 0) is 10.9 Å². The molecule has 0 bridgehead atoms. The molecule has 1 aliphatic carbocycles. The van der Waals surface area contributed by atoms with Gasteiger partial charge in [-0.2, -0.15) is 18.3 Å². The van der Waals surface area contributed by atoms with Crippen LogP contribution in [0.3, 0.4) is 0 Å². The third-order valence-electron chi connectivity index (χ3n) is 4.99. The zero-order chi connectivity index (χ0) is 20.9. The topological polar surface area (TPSA) is 81.1 Å². The lowest BCUT2D eigenvalue weighted by atomic mass is 9.88. The smallest absolute Gasteiger partial charge is 0.376 e. The molecule has 7 nitrogen and oxygen atoms in total. The Morgan fingerprint density at radius 3 is 2.79 bits per heavy atom. The summed E-state index contributed by atoms with van der Waals surface area (Å²) in [6.45, 7) is 2.68. The molecular weight excluding hydrogens is 387 g/mol. The predicted molar refractivity (Wildman–Crippen MR) is 101 cm³/mol. The van der Waals surface area contributed by atoms with E-state index in [-0.39, 0.29) is 24.0 Å².